The zero-order valence-electron chi connectivity index (χ0n) is 12.4. The molecule has 1 amide bonds. The molecule has 9 heteroatoms. The Kier molecular flexibility index (Phi) is 5.65. The van der Waals surface area contributed by atoms with Gasteiger partial charge in [-0.1, -0.05) is 11.6 Å². The van der Waals surface area contributed by atoms with Crippen LogP contribution in [-0.4, -0.2) is 35.6 Å². The number of anilines is 1. The van der Waals surface area contributed by atoms with E-state index >= 15 is 0 Å². The molecular formula is C15H11ClN4O4. The summed E-state index contributed by atoms with van der Waals surface area (Å²) in [7, 11) is 1.20. The van der Waals surface area contributed by atoms with Crippen molar-refractivity contribution in [1.29, 1.82) is 5.26 Å². The van der Waals surface area contributed by atoms with Gasteiger partial charge in [-0.2, -0.15) is 5.26 Å². The third-order valence-electron chi connectivity index (χ3n) is 2.71. The van der Waals surface area contributed by atoms with Crippen LogP contribution in [0.1, 0.15) is 16.2 Å². The fraction of sp³-hybridized carbons (Fsp3) is 0.133. The second-order valence-corrected chi connectivity index (χ2v) is 4.78. The lowest BCUT2D eigenvalue weighted by Crippen LogP contribution is -2.21. The van der Waals surface area contributed by atoms with E-state index in [-0.39, 0.29) is 23.7 Å². The highest BCUT2D eigenvalue weighted by Crippen LogP contribution is 2.17. The molecule has 0 spiro atoms. The number of nitrogens with zero attached hydrogens (tertiary/aromatic N) is 3. The highest BCUT2D eigenvalue weighted by atomic mass is 35.5. The Hall–Kier alpha value is -3.18. The molecule has 0 aliphatic carbocycles. The standard InChI is InChI=1S/C15H11ClN4O4/c1-23-15(22)10-3-4-12(11(6-17)19-10)24-8-14(21)20-13-5-2-9(16)7-18-13/h2-5,7H,8H2,1H3,(H,18,20,21). The SMILES string of the molecule is COC(=O)c1ccc(OCC(=O)Nc2ccc(Cl)cn2)c(C#N)n1. The van der Waals surface area contributed by atoms with Crippen molar-refractivity contribution in [3.05, 3.63) is 46.9 Å². The highest BCUT2D eigenvalue weighted by Gasteiger charge is 2.13. The van der Waals surface area contributed by atoms with Gasteiger partial charge in [0.2, 0.25) is 0 Å². The minimum Gasteiger partial charge on any atom is -0.481 e. The van der Waals surface area contributed by atoms with Crippen LogP contribution in [0.15, 0.2) is 30.5 Å². The lowest BCUT2D eigenvalue weighted by Gasteiger charge is -2.08. The summed E-state index contributed by atoms with van der Waals surface area (Å²) in [6, 6.07) is 7.61. The maximum absolute atomic E-state index is 11.8. The topological polar surface area (TPSA) is 114 Å². The minimum absolute atomic E-state index is 0.0313. The van der Waals surface area contributed by atoms with Crippen molar-refractivity contribution >= 4 is 29.3 Å². The molecule has 1 N–H and O–H groups in total. The molecule has 0 bridgehead atoms. The number of pyridine rings is 2. The van der Waals surface area contributed by atoms with E-state index in [1.807, 2.05) is 0 Å². The number of nitrogens with one attached hydrogen (secondary N) is 1. The largest absolute Gasteiger partial charge is 0.481 e. The number of rotatable bonds is 5. The van der Waals surface area contributed by atoms with Gasteiger partial charge in [-0.15, -0.1) is 0 Å². The predicted molar refractivity (Wildman–Crippen MR) is 83.7 cm³/mol. The Morgan fingerprint density at radius 3 is 2.75 bits per heavy atom. The third kappa shape index (κ3) is 4.41. The number of carbonyl (C=O) groups excluding carboxylic acids is 2. The Balaban J connectivity index is 2.00. The quantitative estimate of drug-likeness (QED) is 0.821. The van der Waals surface area contributed by atoms with Gasteiger partial charge < -0.3 is 14.8 Å². The van der Waals surface area contributed by atoms with Crippen molar-refractivity contribution in [2.24, 2.45) is 0 Å². The van der Waals surface area contributed by atoms with Crippen molar-refractivity contribution in [3.63, 3.8) is 0 Å². The minimum atomic E-state index is -0.676. The molecule has 2 rings (SSSR count). The van der Waals surface area contributed by atoms with Crippen LogP contribution >= 0.6 is 11.6 Å². The summed E-state index contributed by atoms with van der Waals surface area (Å²) in [6.45, 7) is -0.363. The number of nitriles is 1. The number of halogens is 1. The Morgan fingerprint density at radius 2 is 2.12 bits per heavy atom. The fourth-order valence-electron chi connectivity index (χ4n) is 1.63. The lowest BCUT2D eigenvalue weighted by atomic mass is 10.3. The molecule has 0 aliphatic heterocycles. The predicted octanol–water partition coefficient (Wildman–Crippen LogP) is 1.81. The van der Waals surface area contributed by atoms with Gasteiger partial charge in [0.15, 0.2) is 18.1 Å². The molecule has 0 unspecified atom stereocenters. The van der Waals surface area contributed by atoms with Crippen LogP contribution in [-0.2, 0) is 9.53 Å². The molecule has 0 radical (unpaired) electrons. The maximum atomic E-state index is 11.8. The van der Waals surface area contributed by atoms with Crippen molar-refractivity contribution in [2.45, 2.75) is 0 Å². The molecule has 0 saturated heterocycles. The second kappa shape index (κ2) is 7.89. The Labute approximate surface area is 142 Å². The molecule has 2 aromatic heterocycles. The number of carbonyl (C=O) groups is 2. The fourth-order valence-corrected chi connectivity index (χ4v) is 1.74. The zero-order valence-corrected chi connectivity index (χ0v) is 13.2. The van der Waals surface area contributed by atoms with Gasteiger partial charge in [-0.3, -0.25) is 4.79 Å². The molecule has 0 saturated carbocycles. The van der Waals surface area contributed by atoms with Gasteiger partial charge in [-0.05, 0) is 24.3 Å². The van der Waals surface area contributed by atoms with E-state index in [1.54, 1.807) is 12.1 Å². The normalized spacial score (nSPS) is 9.71. The Morgan fingerprint density at radius 1 is 1.33 bits per heavy atom. The summed E-state index contributed by atoms with van der Waals surface area (Å²) in [5, 5.41) is 12.0. The first-order chi connectivity index (χ1) is 11.5. The van der Waals surface area contributed by atoms with Crippen LogP contribution in [0.3, 0.4) is 0 Å². The van der Waals surface area contributed by atoms with Crippen molar-refractivity contribution in [1.82, 2.24) is 9.97 Å². The van der Waals surface area contributed by atoms with E-state index in [0.29, 0.717) is 10.8 Å². The summed E-state index contributed by atoms with van der Waals surface area (Å²) in [4.78, 5) is 30.9. The zero-order chi connectivity index (χ0) is 17.5. The number of hydrogen-bond donors (Lipinski definition) is 1. The van der Waals surface area contributed by atoms with E-state index in [9.17, 15) is 9.59 Å². The smallest absolute Gasteiger partial charge is 0.356 e. The van der Waals surface area contributed by atoms with Crippen LogP contribution in [0.25, 0.3) is 0 Å². The van der Waals surface area contributed by atoms with E-state index in [2.05, 4.69) is 20.0 Å². The van der Waals surface area contributed by atoms with E-state index < -0.39 is 11.9 Å². The van der Waals surface area contributed by atoms with Crippen molar-refractivity contribution in [2.75, 3.05) is 19.0 Å². The molecule has 2 heterocycles. The number of ether oxygens (including phenoxy) is 2. The van der Waals surface area contributed by atoms with E-state index in [1.165, 1.54) is 31.5 Å². The van der Waals surface area contributed by atoms with Gasteiger partial charge in [0.05, 0.1) is 12.1 Å². The number of methoxy groups -OCH3 is 1. The lowest BCUT2D eigenvalue weighted by molar-refractivity contribution is -0.118. The van der Waals surface area contributed by atoms with Crippen molar-refractivity contribution < 1.29 is 19.1 Å². The van der Waals surface area contributed by atoms with Gasteiger partial charge in [0.25, 0.3) is 5.91 Å². The van der Waals surface area contributed by atoms with Gasteiger partial charge in [0.1, 0.15) is 17.6 Å². The molecular weight excluding hydrogens is 336 g/mol. The van der Waals surface area contributed by atoms with E-state index in [4.69, 9.17) is 21.6 Å². The number of aromatic nitrogens is 2. The highest BCUT2D eigenvalue weighted by molar-refractivity contribution is 6.30. The number of esters is 1. The van der Waals surface area contributed by atoms with Gasteiger partial charge >= 0.3 is 5.97 Å². The summed E-state index contributed by atoms with van der Waals surface area (Å²) >= 11 is 5.70. The van der Waals surface area contributed by atoms with Gasteiger partial charge in [0, 0.05) is 6.20 Å². The van der Waals surface area contributed by atoms with Gasteiger partial charge in [-0.25, -0.2) is 14.8 Å². The first kappa shape index (κ1) is 17.2. The monoisotopic (exact) mass is 346 g/mol. The first-order valence-corrected chi connectivity index (χ1v) is 6.95. The average Bonchev–Trinajstić information content (AvgIpc) is 2.61. The van der Waals surface area contributed by atoms with Crippen LogP contribution in [0.2, 0.25) is 5.02 Å². The second-order valence-electron chi connectivity index (χ2n) is 4.35. The van der Waals surface area contributed by atoms with Crippen molar-refractivity contribution in [3.8, 4) is 11.8 Å². The maximum Gasteiger partial charge on any atom is 0.356 e. The van der Waals surface area contributed by atoms with Crippen LogP contribution in [0.4, 0.5) is 5.82 Å². The molecule has 0 atom stereocenters. The first-order valence-electron chi connectivity index (χ1n) is 6.57. The molecule has 0 fully saturated rings. The molecule has 24 heavy (non-hydrogen) atoms. The summed E-state index contributed by atoms with van der Waals surface area (Å²) in [5.41, 5.74) is -0.161. The van der Waals surface area contributed by atoms with Crippen LogP contribution < -0.4 is 10.1 Å². The number of hydrogen-bond acceptors (Lipinski definition) is 7. The van der Waals surface area contributed by atoms with Crippen LogP contribution in [0.5, 0.6) is 5.75 Å². The third-order valence-corrected chi connectivity index (χ3v) is 2.94. The molecule has 0 aliphatic rings. The summed E-state index contributed by atoms with van der Waals surface area (Å²) in [6.07, 6.45) is 1.39. The Bertz CT molecular complexity index is 802. The molecule has 2 aromatic rings. The summed E-state index contributed by atoms with van der Waals surface area (Å²) < 4.78 is 9.77. The average molecular weight is 347 g/mol. The van der Waals surface area contributed by atoms with E-state index in [0.717, 1.165) is 0 Å². The van der Waals surface area contributed by atoms with Crippen LogP contribution in [0, 0.1) is 11.3 Å². The molecule has 8 nitrogen and oxygen atoms in total. The summed E-state index contributed by atoms with van der Waals surface area (Å²) in [5.74, 6) is -0.771. The molecule has 0 aromatic carbocycles. The number of amides is 1. The molecule has 122 valence electrons.